The van der Waals surface area contributed by atoms with Gasteiger partial charge in [-0.1, -0.05) is 0 Å². The fourth-order valence-corrected chi connectivity index (χ4v) is 4.00. The number of nitro groups is 1. The maximum absolute atomic E-state index is 12.7. The second kappa shape index (κ2) is 8.18. The van der Waals surface area contributed by atoms with E-state index in [4.69, 9.17) is 0 Å². The number of carbonyl (C=O) groups is 2. The molecule has 2 amide bonds. The highest BCUT2D eigenvalue weighted by Gasteiger charge is 2.31. The molecule has 28 heavy (non-hydrogen) atoms. The lowest BCUT2D eigenvalue weighted by molar-refractivity contribution is -0.385. The first-order valence-electron chi connectivity index (χ1n) is 8.49. The Hall–Kier alpha value is -3.26. The number of nitriles is 1. The van der Waals surface area contributed by atoms with E-state index in [0.717, 1.165) is 16.0 Å². The summed E-state index contributed by atoms with van der Waals surface area (Å²) in [5, 5.41) is 27.4. The quantitative estimate of drug-likeness (QED) is 0.581. The second-order valence-electron chi connectivity index (χ2n) is 5.97. The van der Waals surface area contributed by atoms with Crippen LogP contribution in [0.4, 0.5) is 10.7 Å². The van der Waals surface area contributed by atoms with Crippen molar-refractivity contribution in [3.8, 4) is 6.07 Å². The number of thiophene rings is 1. The van der Waals surface area contributed by atoms with Gasteiger partial charge >= 0.3 is 5.69 Å². The fourth-order valence-electron chi connectivity index (χ4n) is 2.88. The standard InChI is InChI=1S/C17H20N6O4S/c1-6-22(7-2)17(25)14-9(3)11(8-18)16(28-14)19-15(24)13-12(23(26)27)10(4)20-21(13)5/h6-7H2,1-5H3,(H,19,24). The number of nitrogens with zero attached hydrogens (tertiary/aromatic N) is 5. The summed E-state index contributed by atoms with van der Waals surface area (Å²) in [6, 6.07) is 2.00. The Morgan fingerprint density at radius 2 is 1.96 bits per heavy atom. The van der Waals surface area contributed by atoms with Gasteiger partial charge in [0.05, 0.1) is 15.4 Å². The number of aryl methyl sites for hydroxylation is 2. The molecule has 0 unspecified atom stereocenters. The summed E-state index contributed by atoms with van der Waals surface area (Å²) in [6.45, 7) is 7.79. The topological polar surface area (TPSA) is 134 Å². The number of anilines is 1. The minimum absolute atomic E-state index is 0.109. The van der Waals surface area contributed by atoms with Gasteiger partial charge in [0.2, 0.25) is 5.69 Å². The van der Waals surface area contributed by atoms with Crippen molar-refractivity contribution in [3.63, 3.8) is 0 Å². The van der Waals surface area contributed by atoms with Crippen molar-refractivity contribution >= 4 is 33.8 Å². The van der Waals surface area contributed by atoms with Gasteiger partial charge in [-0.2, -0.15) is 10.4 Å². The SMILES string of the molecule is CCN(CC)C(=O)c1sc(NC(=O)c2c([N+](=O)[O-])c(C)nn2C)c(C#N)c1C. The van der Waals surface area contributed by atoms with E-state index in [1.54, 1.807) is 11.8 Å². The summed E-state index contributed by atoms with van der Waals surface area (Å²) in [4.78, 5) is 38.0. The Bertz CT molecular complexity index is 996. The average molecular weight is 404 g/mol. The molecule has 2 heterocycles. The van der Waals surface area contributed by atoms with Crippen LogP contribution in [0, 0.1) is 35.3 Å². The molecule has 0 spiro atoms. The molecule has 0 radical (unpaired) electrons. The normalized spacial score (nSPS) is 10.4. The molecule has 0 fully saturated rings. The Kier molecular flexibility index (Phi) is 6.15. The summed E-state index contributed by atoms with van der Waals surface area (Å²) in [5.74, 6) is -0.999. The van der Waals surface area contributed by atoms with E-state index in [0.29, 0.717) is 23.5 Å². The van der Waals surface area contributed by atoms with Gasteiger partial charge in [-0.3, -0.25) is 24.4 Å². The summed E-state index contributed by atoms with van der Waals surface area (Å²) in [6.07, 6.45) is 0. The molecule has 2 aromatic rings. The number of amides is 2. The zero-order valence-electron chi connectivity index (χ0n) is 16.2. The van der Waals surface area contributed by atoms with Crippen molar-refractivity contribution in [1.82, 2.24) is 14.7 Å². The number of hydrogen-bond acceptors (Lipinski definition) is 7. The van der Waals surface area contributed by atoms with Crippen molar-refractivity contribution in [2.24, 2.45) is 7.05 Å². The van der Waals surface area contributed by atoms with Crippen LogP contribution >= 0.6 is 11.3 Å². The number of rotatable bonds is 6. The van der Waals surface area contributed by atoms with Gasteiger partial charge in [-0.25, -0.2) is 0 Å². The van der Waals surface area contributed by atoms with Crippen LogP contribution < -0.4 is 5.32 Å². The van der Waals surface area contributed by atoms with Gasteiger partial charge in [0, 0.05) is 20.1 Å². The van der Waals surface area contributed by atoms with E-state index in [1.165, 1.54) is 14.0 Å². The molecule has 0 aromatic carbocycles. The molecule has 2 aromatic heterocycles. The van der Waals surface area contributed by atoms with Gasteiger partial charge in [0.1, 0.15) is 16.8 Å². The van der Waals surface area contributed by atoms with E-state index in [1.807, 2.05) is 19.9 Å². The minimum atomic E-state index is -0.769. The highest BCUT2D eigenvalue weighted by molar-refractivity contribution is 7.18. The van der Waals surface area contributed by atoms with Crippen molar-refractivity contribution in [3.05, 3.63) is 37.5 Å². The largest absolute Gasteiger partial charge is 0.338 e. The number of carbonyl (C=O) groups excluding carboxylic acids is 2. The molecule has 0 aliphatic heterocycles. The molecule has 11 heteroatoms. The Labute approximate surface area is 165 Å². The van der Waals surface area contributed by atoms with Gasteiger partial charge in [-0.15, -0.1) is 11.3 Å². The molecule has 0 bridgehead atoms. The zero-order chi connectivity index (χ0) is 21.2. The number of hydrogen-bond donors (Lipinski definition) is 1. The lowest BCUT2D eigenvalue weighted by atomic mass is 10.1. The van der Waals surface area contributed by atoms with Gasteiger partial charge in [0.15, 0.2) is 0 Å². The lowest BCUT2D eigenvalue weighted by Crippen LogP contribution is -2.30. The van der Waals surface area contributed by atoms with Crippen molar-refractivity contribution in [2.45, 2.75) is 27.7 Å². The Morgan fingerprint density at radius 1 is 1.36 bits per heavy atom. The molecule has 0 atom stereocenters. The van der Waals surface area contributed by atoms with Crippen LogP contribution in [0.15, 0.2) is 0 Å². The molecule has 10 nitrogen and oxygen atoms in total. The van der Waals surface area contributed by atoms with E-state index in [9.17, 15) is 25.0 Å². The van der Waals surface area contributed by atoms with Gasteiger partial charge < -0.3 is 10.2 Å². The van der Waals surface area contributed by atoms with Gasteiger partial charge in [-0.05, 0) is 33.3 Å². The molecule has 0 saturated carbocycles. The third kappa shape index (κ3) is 3.59. The molecular formula is C17H20N6O4S. The fraction of sp³-hybridized carbons (Fsp3) is 0.412. The summed E-state index contributed by atoms with van der Waals surface area (Å²) < 4.78 is 1.12. The van der Waals surface area contributed by atoms with Crippen LogP contribution in [0.3, 0.4) is 0 Å². The first kappa shape index (κ1) is 21.0. The summed E-state index contributed by atoms with van der Waals surface area (Å²) in [5.41, 5.74) is 0.115. The Balaban J connectivity index is 2.47. The monoisotopic (exact) mass is 404 g/mol. The van der Waals surface area contributed by atoms with Crippen LogP contribution in [0.5, 0.6) is 0 Å². The van der Waals surface area contributed by atoms with Crippen LogP contribution in [0.25, 0.3) is 0 Å². The zero-order valence-corrected chi connectivity index (χ0v) is 17.0. The number of aromatic nitrogens is 2. The van der Waals surface area contributed by atoms with Crippen LogP contribution in [-0.2, 0) is 7.05 Å². The highest BCUT2D eigenvalue weighted by atomic mass is 32.1. The van der Waals surface area contributed by atoms with Crippen molar-refractivity contribution in [1.29, 1.82) is 5.26 Å². The molecule has 148 valence electrons. The maximum Gasteiger partial charge on any atom is 0.322 e. The highest BCUT2D eigenvalue weighted by Crippen LogP contribution is 2.34. The van der Waals surface area contributed by atoms with Crippen molar-refractivity contribution < 1.29 is 14.5 Å². The predicted molar refractivity (Wildman–Crippen MR) is 104 cm³/mol. The average Bonchev–Trinajstić information content (AvgIpc) is 3.11. The minimum Gasteiger partial charge on any atom is -0.338 e. The smallest absolute Gasteiger partial charge is 0.322 e. The molecule has 2 rings (SSSR count). The van der Waals surface area contributed by atoms with Crippen LogP contribution in [0.2, 0.25) is 0 Å². The summed E-state index contributed by atoms with van der Waals surface area (Å²) in [7, 11) is 1.43. The maximum atomic E-state index is 12.7. The summed E-state index contributed by atoms with van der Waals surface area (Å²) >= 11 is 0.983. The van der Waals surface area contributed by atoms with Crippen LogP contribution in [0.1, 0.15) is 50.8 Å². The predicted octanol–water partition coefficient (Wildman–Crippen LogP) is 2.61. The molecule has 0 aliphatic carbocycles. The molecular weight excluding hydrogens is 384 g/mol. The van der Waals surface area contributed by atoms with Crippen molar-refractivity contribution in [2.75, 3.05) is 18.4 Å². The Morgan fingerprint density at radius 3 is 2.46 bits per heavy atom. The number of nitrogens with one attached hydrogen (secondary N) is 1. The van der Waals surface area contributed by atoms with E-state index in [-0.39, 0.29) is 27.9 Å². The van der Waals surface area contributed by atoms with Gasteiger partial charge in [0.25, 0.3) is 11.8 Å². The third-order valence-electron chi connectivity index (χ3n) is 4.32. The van der Waals surface area contributed by atoms with E-state index >= 15 is 0 Å². The molecule has 1 N–H and O–H groups in total. The first-order valence-corrected chi connectivity index (χ1v) is 9.31. The third-order valence-corrected chi connectivity index (χ3v) is 5.51. The first-order chi connectivity index (χ1) is 13.2. The second-order valence-corrected chi connectivity index (χ2v) is 6.99. The lowest BCUT2D eigenvalue weighted by Gasteiger charge is -2.17. The van der Waals surface area contributed by atoms with E-state index in [2.05, 4.69) is 10.4 Å². The van der Waals surface area contributed by atoms with Crippen LogP contribution in [-0.4, -0.2) is 44.5 Å². The molecule has 0 saturated heterocycles. The van der Waals surface area contributed by atoms with E-state index < -0.39 is 16.5 Å². The molecule has 0 aliphatic rings.